The third-order valence-electron chi connectivity index (χ3n) is 5.42. The van der Waals surface area contributed by atoms with Gasteiger partial charge >= 0.3 is 0 Å². The molecule has 5 nitrogen and oxygen atoms in total. The van der Waals surface area contributed by atoms with E-state index in [1.807, 2.05) is 48.7 Å². The fourth-order valence-electron chi connectivity index (χ4n) is 3.92. The molecule has 3 atom stereocenters. The van der Waals surface area contributed by atoms with Gasteiger partial charge in [0.25, 0.3) is 0 Å². The zero-order valence-corrected chi connectivity index (χ0v) is 16.3. The van der Waals surface area contributed by atoms with Crippen LogP contribution in [0.2, 0.25) is 5.02 Å². The summed E-state index contributed by atoms with van der Waals surface area (Å²) < 4.78 is 5.73. The minimum atomic E-state index is -0.427. The number of benzene rings is 2. The first-order valence-electron chi connectivity index (χ1n) is 9.61. The van der Waals surface area contributed by atoms with Gasteiger partial charge in [-0.15, -0.1) is 0 Å². The molecule has 0 bridgehead atoms. The highest BCUT2D eigenvalue weighted by Crippen LogP contribution is 2.34. The molecule has 4 rings (SSSR count). The molecule has 1 aliphatic rings. The largest absolute Gasteiger partial charge is 0.364 e. The number of hydrogen-bond donors (Lipinski definition) is 3. The summed E-state index contributed by atoms with van der Waals surface area (Å²) in [6.45, 7) is 0.888. The van der Waals surface area contributed by atoms with Gasteiger partial charge in [-0.25, -0.2) is 0 Å². The van der Waals surface area contributed by atoms with Crippen LogP contribution in [-0.2, 0) is 9.53 Å². The Balaban J connectivity index is 1.59. The molecule has 1 fully saturated rings. The van der Waals surface area contributed by atoms with Crippen LogP contribution in [0.25, 0.3) is 10.9 Å². The summed E-state index contributed by atoms with van der Waals surface area (Å²) in [5.74, 6) is -0.159. The maximum absolute atomic E-state index is 12.6. The minimum Gasteiger partial charge on any atom is -0.364 e. The molecular weight excluding hydrogens is 374 g/mol. The molecule has 1 aromatic heterocycles. The first-order chi connectivity index (χ1) is 13.7. The number of H-pyrrole nitrogens is 1. The summed E-state index contributed by atoms with van der Waals surface area (Å²) in [4.78, 5) is 16.0. The van der Waals surface area contributed by atoms with Gasteiger partial charge in [-0.1, -0.05) is 48.0 Å². The monoisotopic (exact) mass is 397 g/mol. The molecule has 2 heterocycles. The van der Waals surface area contributed by atoms with Crippen LogP contribution >= 0.6 is 11.6 Å². The van der Waals surface area contributed by atoms with E-state index in [9.17, 15) is 4.79 Å². The number of ether oxygens (including phenoxy) is 1. The van der Waals surface area contributed by atoms with Gasteiger partial charge in [0, 0.05) is 41.1 Å². The summed E-state index contributed by atoms with van der Waals surface area (Å²) in [5, 5.41) is 4.88. The molecule has 3 aromatic rings. The van der Waals surface area contributed by atoms with E-state index in [4.69, 9.17) is 22.1 Å². The highest BCUT2D eigenvalue weighted by molar-refractivity contribution is 6.31. The van der Waals surface area contributed by atoms with Gasteiger partial charge in [0.15, 0.2) is 0 Å². The van der Waals surface area contributed by atoms with E-state index < -0.39 is 6.10 Å². The van der Waals surface area contributed by atoms with Crippen molar-refractivity contribution >= 4 is 28.4 Å². The number of hydrogen-bond acceptors (Lipinski definition) is 3. The number of rotatable bonds is 6. The minimum absolute atomic E-state index is 0.0243. The second kappa shape index (κ2) is 8.35. The summed E-state index contributed by atoms with van der Waals surface area (Å²) in [6.07, 6.45) is 3.08. The molecule has 0 spiro atoms. The number of carbonyl (C=O) groups excluding carboxylic acids is 1. The number of nitrogens with two attached hydrogens (primary N) is 1. The average molecular weight is 398 g/mol. The number of para-hydroxylation sites is 1. The number of aromatic amines is 1. The van der Waals surface area contributed by atoms with Crippen molar-refractivity contribution in [1.82, 2.24) is 10.3 Å². The van der Waals surface area contributed by atoms with Gasteiger partial charge in [-0.2, -0.15) is 0 Å². The maximum atomic E-state index is 12.6. The summed E-state index contributed by atoms with van der Waals surface area (Å²) in [6, 6.07) is 15.9. The van der Waals surface area contributed by atoms with Gasteiger partial charge in [0.05, 0.1) is 6.10 Å². The van der Waals surface area contributed by atoms with Crippen LogP contribution in [0, 0.1) is 0 Å². The van der Waals surface area contributed by atoms with E-state index in [1.165, 1.54) is 0 Å². The standard InChI is InChI=1S/C22H24ClN3O2/c23-19-7-3-1-5-15(19)17(18-12-25-20-8-4-2-6-16(18)20)13-26-22(27)21-10-9-14(11-24)28-21/h1-8,12,14,17,21,25H,9-11,13,24H2,(H,26,27)/t14-,17?,21+/m1/s1. The van der Waals surface area contributed by atoms with Crippen molar-refractivity contribution in [1.29, 1.82) is 0 Å². The van der Waals surface area contributed by atoms with Crippen LogP contribution < -0.4 is 11.1 Å². The van der Waals surface area contributed by atoms with Crippen LogP contribution in [0.15, 0.2) is 54.7 Å². The molecule has 0 saturated carbocycles. The van der Waals surface area contributed by atoms with Gasteiger partial charge in [-0.3, -0.25) is 4.79 Å². The fourth-order valence-corrected chi connectivity index (χ4v) is 4.18. The van der Waals surface area contributed by atoms with Gasteiger partial charge in [-0.05, 0) is 36.1 Å². The number of halogens is 1. The lowest BCUT2D eigenvalue weighted by atomic mass is 9.90. The third-order valence-corrected chi connectivity index (χ3v) is 5.76. The van der Waals surface area contributed by atoms with Crippen molar-refractivity contribution in [2.75, 3.05) is 13.1 Å². The predicted octanol–water partition coefficient (Wildman–Crippen LogP) is 3.58. The van der Waals surface area contributed by atoms with E-state index in [1.54, 1.807) is 0 Å². The molecule has 0 aliphatic carbocycles. The Morgan fingerprint density at radius 2 is 1.96 bits per heavy atom. The average Bonchev–Trinajstić information content (AvgIpc) is 3.37. The van der Waals surface area contributed by atoms with Crippen molar-refractivity contribution in [3.05, 3.63) is 70.9 Å². The van der Waals surface area contributed by atoms with E-state index >= 15 is 0 Å². The fraction of sp³-hybridized carbons (Fsp3) is 0.318. The molecule has 146 valence electrons. The van der Waals surface area contributed by atoms with Gasteiger partial charge in [0.1, 0.15) is 6.10 Å². The normalized spacial score (nSPS) is 20.4. The molecule has 1 saturated heterocycles. The van der Waals surface area contributed by atoms with Gasteiger partial charge < -0.3 is 20.8 Å². The van der Waals surface area contributed by atoms with Gasteiger partial charge in [0.2, 0.25) is 5.91 Å². The molecule has 0 radical (unpaired) electrons. The van der Waals surface area contributed by atoms with E-state index in [0.717, 1.165) is 28.5 Å². The smallest absolute Gasteiger partial charge is 0.249 e. The molecule has 1 aliphatic heterocycles. The highest BCUT2D eigenvalue weighted by atomic mass is 35.5. The van der Waals surface area contributed by atoms with Crippen LogP contribution in [-0.4, -0.2) is 36.2 Å². The molecule has 6 heteroatoms. The third kappa shape index (κ3) is 3.78. The number of fused-ring (bicyclic) bond motifs is 1. The lowest BCUT2D eigenvalue weighted by Crippen LogP contribution is -2.37. The van der Waals surface area contributed by atoms with Crippen molar-refractivity contribution in [2.45, 2.75) is 31.0 Å². The maximum Gasteiger partial charge on any atom is 0.249 e. The molecule has 28 heavy (non-hydrogen) atoms. The quantitative estimate of drug-likeness (QED) is 0.594. The molecule has 1 unspecified atom stereocenters. The topological polar surface area (TPSA) is 80.1 Å². The second-order valence-corrected chi connectivity index (χ2v) is 7.58. The second-order valence-electron chi connectivity index (χ2n) is 7.17. The van der Waals surface area contributed by atoms with Crippen molar-refractivity contribution in [3.63, 3.8) is 0 Å². The summed E-state index contributed by atoms with van der Waals surface area (Å²) in [7, 11) is 0. The zero-order chi connectivity index (χ0) is 19.5. The Morgan fingerprint density at radius 1 is 1.18 bits per heavy atom. The first kappa shape index (κ1) is 19.0. The Kier molecular flexibility index (Phi) is 5.67. The van der Waals surface area contributed by atoms with Crippen molar-refractivity contribution in [2.24, 2.45) is 5.73 Å². The van der Waals surface area contributed by atoms with Crippen molar-refractivity contribution < 1.29 is 9.53 Å². The van der Waals surface area contributed by atoms with Crippen LogP contribution in [0.3, 0.4) is 0 Å². The Hall–Kier alpha value is -2.34. The summed E-state index contributed by atoms with van der Waals surface area (Å²) in [5.41, 5.74) is 8.81. The van der Waals surface area contributed by atoms with E-state index in [-0.39, 0.29) is 17.9 Å². The van der Waals surface area contributed by atoms with Crippen molar-refractivity contribution in [3.8, 4) is 0 Å². The SMILES string of the molecule is NC[C@H]1CC[C@@H](C(=O)NCC(c2ccccc2Cl)c2c[nH]c3ccccc23)O1. The molecule has 1 amide bonds. The predicted molar refractivity (Wildman–Crippen MR) is 112 cm³/mol. The van der Waals surface area contributed by atoms with Crippen LogP contribution in [0.1, 0.15) is 29.9 Å². The Bertz CT molecular complexity index is 971. The molecular formula is C22H24ClN3O2. The van der Waals surface area contributed by atoms with Crippen LogP contribution in [0.5, 0.6) is 0 Å². The zero-order valence-electron chi connectivity index (χ0n) is 15.5. The number of aromatic nitrogens is 1. The molecule has 2 aromatic carbocycles. The highest BCUT2D eigenvalue weighted by Gasteiger charge is 2.30. The molecule has 4 N–H and O–H groups in total. The lowest BCUT2D eigenvalue weighted by Gasteiger charge is -2.21. The first-order valence-corrected chi connectivity index (χ1v) is 9.99. The lowest BCUT2D eigenvalue weighted by molar-refractivity contribution is -0.131. The number of carbonyl (C=O) groups is 1. The van der Waals surface area contributed by atoms with E-state index in [2.05, 4.69) is 16.4 Å². The van der Waals surface area contributed by atoms with E-state index in [0.29, 0.717) is 24.5 Å². The van der Waals surface area contributed by atoms with Crippen LogP contribution in [0.4, 0.5) is 0 Å². The number of amides is 1. The Morgan fingerprint density at radius 3 is 2.75 bits per heavy atom. The Labute approximate surface area is 169 Å². The number of nitrogens with one attached hydrogen (secondary N) is 2. The summed E-state index contributed by atoms with van der Waals surface area (Å²) >= 11 is 6.51.